The summed E-state index contributed by atoms with van der Waals surface area (Å²) in [5, 5.41) is 12.5. The number of ether oxygens (including phenoxy) is 2. The second kappa shape index (κ2) is 15.4. The first-order chi connectivity index (χ1) is 23.9. The number of amides is 1. The maximum absolute atomic E-state index is 13.4. The maximum atomic E-state index is 13.4. The van der Waals surface area contributed by atoms with Gasteiger partial charge in [0.25, 0.3) is 10.0 Å². The molecule has 4 aromatic rings. The Morgan fingerprint density at radius 3 is 2.58 bits per heavy atom. The zero-order chi connectivity index (χ0) is 35.3. The maximum Gasteiger partial charge on any atom is 0.404 e. The summed E-state index contributed by atoms with van der Waals surface area (Å²) in [6, 6.07) is 13.6. The topological polar surface area (TPSA) is 164 Å². The second-order valence-corrected chi connectivity index (χ2v) is 21.3. The number of hydrogen-bond donors (Lipinski definition) is 3. The van der Waals surface area contributed by atoms with Gasteiger partial charge in [-0.1, -0.05) is 31.8 Å². The summed E-state index contributed by atoms with van der Waals surface area (Å²) in [5.41, 5.74) is 3.74. The number of nitrogens with zero attached hydrogens (tertiary/aromatic N) is 6. The lowest BCUT2D eigenvalue weighted by Gasteiger charge is -2.32. The molecule has 6 rings (SSSR count). The summed E-state index contributed by atoms with van der Waals surface area (Å²) < 4.78 is 43.4. The van der Waals surface area contributed by atoms with Gasteiger partial charge in [0.2, 0.25) is 0 Å². The third-order valence-corrected chi connectivity index (χ3v) is 11.9. The number of hydrogen-bond acceptors (Lipinski definition) is 10. The molecule has 268 valence electrons. The number of pyridine rings is 1. The van der Waals surface area contributed by atoms with Gasteiger partial charge in [-0.25, -0.2) is 19.7 Å². The van der Waals surface area contributed by atoms with Crippen molar-refractivity contribution < 1.29 is 27.8 Å². The molecule has 0 radical (unpaired) electrons. The molecule has 0 unspecified atom stereocenters. The zero-order valence-corrected chi connectivity index (χ0v) is 30.7. The summed E-state index contributed by atoms with van der Waals surface area (Å²) in [4.78, 5) is 28.9. The lowest BCUT2D eigenvalue weighted by Crippen LogP contribution is -2.46. The molecule has 5 heterocycles. The minimum atomic E-state index is -3.98. The van der Waals surface area contributed by atoms with E-state index in [0.717, 1.165) is 72.2 Å². The number of rotatable bonds is 13. The van der Waals surface area contributed by atoms with Crippen LogP contribution in [0.2, 0.25) is 25.7 Å². The highest BCUT2D eigenvalue weighted by Gasteiger charge is 2.24. The van der Waals surface area contributed by atoms with Crippen LogP contribution in [0, 0.1) is 0 Å². The van der Waals surface area contributed by atoms with E-state index in [1.54, 1.807) is 30.6 Å². The van der Waals surface area contributed by atoms with E-state index in [1.807, 2.05) is 12.1 Å². The molecule has 2 aliphatic heterocycles. The number of carbonyl (C=O) groups is 1. The Morgan fingerprint density at radius 1 is 1.06 bits per heavy atom. The average Bonchev–Trinajstić information content (AvgIpc) is 3.45. The fourth-order valence-electron chi connectivity index (χ4n) is 6.34. The van der Waals surface area contributed by atoms with Crippen LogP contribution in [-0.4, -0.2) is 104 Å². The lowest BCUT2D eigenvalue weighted by molar-refractivity contribution is 0.0909. The lowest BCUT2D eigenvalue weighted by atomic mass is 10.1. The van der Waals surface area contributed by atoms with Crippen molar-refractivity contribution in [2.75, 3.05) is 55.6 Å². The van der Waals surface area contributed by atoms with Crippen molar-refractivity contribution in [3.05, 3.63) is 60.6 Å². The normalized spacial score (nSPS) is 17.6. The molecular weight excluding hydrogens is 677 g/mol. The first-order valence-corrected chi connectivity index (χ1v) is 22.2. The van der Waals surface area contributed by atoms with Gasteiger partial charge in [-0.3, -0.25) is 9.62 Å². The number of nitrogens with one attached hydrogen (secondary N) is 2. The van der Waals surface area contributed by atoms with Crippen molar-refractivity contribution in [1.82, 2.24) is 29.7 Å². The molecule has 0 saturated carbocycles. The minimum absolute atomic E-state index is 0.0823. The monoisotopic (exact) mass is 722 g/mol. The molecule has 2 aliphatic rings. The highest BCUT2D eigenvalue weighted by Crippen LogP contribution is 2.33. The van der Waals surface area contributed by atoms with E-state index < -0.39 is 24.2 Å². The van der Waals surface area contributed by atoms with Crippen molar-refractivity contribution in [1.29, 1.82) is 0 Å². The predicted molar refractivity (Wildman–Crippen MR) is 195 cm³/mol. The fraction of sp³-hybridized carbons (Fsp3) is 0.471. The van der Waals surface area contributed by atoms with E-state index in [2.05, 4.69) is 65.1 Å². The standard InChI is InChI=1S/C34H46N8O6SSi/c1-50(2,3)18-17-48-24-42-30(20-29-32(36-23-37-33(29)42)41-13-15-47-16-14-41)26-6-8-27(9-7-26)39-49(45,46)31-19-25(10-11-35-31)21-40-12-4-5-28(22-40)38-34(43)44/h6-11,19-20,23,28,38-39H,4-5,12-18,21-22,24H2,1-3H3,(H,43,44)/t28-/m1/s1. The summed E-state index contributed by atoms with van der Waals surface area (Å²) >= 11 is 0. The number of carboxylic acid groups (broad SMARTS) is 1. The van der Waals surface area contributed by atoms with E-state index in [1.165, 1.54) is 6.20 Å². The Bertz CT molecular complexity index is 1890. The largest absolute Gasteiger partial charge is 0.465 e. The Balaban J connectivity index is 1.20. The molecule has 14 nitrogen and oxygen atoms in total. The Kier molecular flexibility index (Phi) is 11.0. The SMILES string of the molecule is C[Si](C)(C)CCOCn1c(-c2ccc(NS(=O)(=O)c3cc(CN4CCC[C@@H](NC(=O)O)C4)ccn3)cc2)cc2c(N3CCOCC3)ncnc21. The Morgan fingerprint density at radius 2 is 1.84 bits per heavy atom. The Labute approximate surface area is 293 Å². The predicted octanol–water partition coefficient (Wildman–Crippen LogP) is 4.68. The smallest absolute Gasteiger partial charge is 0.404 e. The highest BCUT2D eigenvalue weighted by atomic mass is 32.2. The molecule has 1 amide bonds. The van der Waals surface area contributed by atoms with Crippen molar-refractivity contribution >= 4 is 46.7 Å². The molecule has 3 N–H and O–H groups in total. The summed E-state index contributed by atoms with van der Waals surface area (Å²) in [6.07, 6.45) is 3.68. The number of aromatic nitrogens is 4. The Hall–Kier alpha value is -4.09. The van der Waals surface area contributed by atoms with Gasteiger partial charge in [-0.05, 0) is 66.9 Å². The fourth-order valence-corrected chi connectivity index (χ4v) is 8.16. The van der Waals surface area contributed by atoms with E-state index in [9.17, 15) is 13.2 Å². The molecule has 50 heavy (non-hydrogen) atoms. The number of fused-ring (bicyclic) bond motifs is 1. The van der Waals surface area contributed by atoms with Gasteiger partial charge in [0.05, 0.1) is 24.3 Å². The first kappa shape index (κ1) is 35.7. The van der Waals surface area contributed by atoms with Gasteiger partial charge >= 0.3 is 6.09 Å². The van der Waals surface area contributed by atoms with Crippen LogP contribution in [-0.2, 0) is 32.8 Å². The van der Waals surface area contributed by atoms with Crippen LogP contribution in [0.1, 0.15) is 18.4 Å². The third-order valence-electron chi connectivity index (χ3n) is 8.94. The molecule has 16 heteroatoms. The van der Waals surface area contributed by atoms with Gasteiger partial charge in [0.1, 0.15) is 24.5 Å². The van der Waals surface area contributed by atoms with Crippen LogP contribution in [0.5, 0.6) is 0 Å². The van der Waals surface area contributed by atoms with E-state index in [-0.39, 0.29) is 11.1 Å². The van der Waals surface area contributed by atoms with Crippen LogP contribution in [0.25, 0.3) is 22.3 Å². The van der Waals surface area contributed by atoms with Crippen molar-refractivity contribution in [3.63, 3.8) is 0 Å². The quantitative estimate of drug-likeness (QED) is 0.130. The number of benzene rings is 1. The third kappa shape index (κ3) is 8.97. The number of piperidine rings is 1. The molecule has 1 aromatic carbocycles. The van der Waals surface area contributed by atoms with Gasteiger partial charge < -0.3 is 29.4 Å². The molecule has 3 aromatic heterocycles. The molecular formula is C34H46N8O6SSi. The number of sulfonamides is 1. The van der Waals surface area contributed by atoms with Crippen LogP contribution in [0.3, 0.4) is 0 Å². The molecule has 0 bridgehead atoms. The van der Waals surface area contributed by atoms with Gasteiger partial charge in [-0.2, -0.15) is 8.42 Å². The molecule has 2 fully saturated rings. The average molecular weight is 723 g/mol. The summed E-state index contributed by atoms with van der Waals surface area (Å²) in [5.74, 6) is 0.858. The number of anilines is 2. The van der Waals surface area contributed by atoms with Crippen LogP contribution < -0.4 is 14.9 Å². The van der Waals surface area contributed by atoms with E-state index >= 15 is 0 Å². The summed E-state index contributed by atoms with van der Waals surface area (Å²) in [6.45, 7) is 12.6. The van der Waals surface area contributed by atoms with Crippen molar-refractivity contribution in [2.24, 2.45) is 0 Å². The summed E-state index contributed by atoms with van der Waals surface area (Å²) in [7, 11) is -5.26. The van der Waals surface area contributed by atoms with Crippen LogP contribution in [0.15, 0.2) is 60.0 Å². The van der Waals surface area contributed by atoms with Gasteiger partial charge in [0, 0.05) is 58.8 Å². The first-order valence-electron chi connectivity index (χ1n) is 17.0. The second-order valence-electron chi connectivity index (χ2n) is 14.0. The number of morpholine rings is 1. The van der Waals surface area contributed by atoms with Gasteiger partial charge in [-0.15, -0.1) is 0 Å². The van der Waals surface area contributed by atoms with E-state index in [4.69, 9.17) is 14.6 Å². The number of likely N-dealkylation sites (tertiary alicyclic amines) is 1. The van der Waals surface area contributed by atoms with Crippen LogP contribution >= 0.6 is 0 Å². The van der Waals surface area contributed by atoms with Crippen molar-refractivity contribution in [2.45, 2.75) is 62.9 Å². The molecule has 0 aliphatic carbocycles. The van der Waals surface area contributed by atoms with E-state index in [0.29, 0.717) is 45.3 Å². The molecule has 1 atom stereocenters. The van der Waals surface area contributed by atoms with Gasteiger partial charge in [0.15, 0.2) is 5.03 Å². The molecule has 0 spiro atoms. The minimum Gasteiger partial charge on any atom is -0.465 e. The highest BCUT2D eigenvalue weighted by molar-refractivity contribution is 7.92. The zero-order valence-electron chi connectivity index (χ0n) is 28.8. The van der Waals surface area contributed by atoms with Crippen LogP contribution in [0.4, 0.5) is 16.3 Å². The molecule has 2 saturated heterocycles. The van der Waals surface area contributed by atoms with Crippen molar-refractivity contribution in [3.8, 4) is 11.3 Å².